The van der Waals surface area contributed by atoms with Crippen LogP contribution in [0.1, 0.15) is 50.7 Å². The first-order chi connectivity index (χ1) is 13.2. The third-order valence-corrected chi connectivity index (χ3v) is 5.82. The number of halogens is 4. The van der Waals surface area contributed by atoms with Crippen LogP contribution < -0.4 is 5.32 Å². The number of allylic oxidation sites excluding steroid dienone is 2. The number of rotatable bonds is 5. The molecule has 28 heavy (non-hydrogen) atoms. The smallest absolute Gasteiger partial charge is 0.381 e. The lowest BCUT2D eigenvalue weighted by Crippen LogP contribution is -2.31. The van der Waals surface area contributed by atoms with Crippen molar-refractivity contribution in [2.45, 2.75) is 52.6 Å². The Morgan fingerprint density at radius 1 is 1.18 bits per heavy atom. The normalized spacial score (nSPS) is 19.2. The van der Waals surface area contributed by atoms with Gasteiger partial charge in [-0.05, 0) is 67.9 Å². The summed E-state index contributed by atoms with van der Waals surface area (Å²) in [6.07, 6.45) is -0.357. The highest BCUT2D eigenvalue weighted by molar-refractivity contribution is 6.15. The molecular weight excluding hydrogens is 368 g/mol. The third kappa shape index (κ3) is 4.15. The average molecular weight is 394 g/mol. The minimum absolute atomic E-state index is 0.130. The summed E-state index contributed by atoms with van der Waals surface area (Å²) in [5, 5.41) is 2.67. The Hall–Kier alpha value is -2.11. The van der Waals surface area contributed by atoms with Gasteiger partial charge in [-0.1, -0.05) is 25.0 Å². The fourth-order valence-electron chi connectivity index (χ4n) is 4.19. The molecule has 3 rings (SSSR count). The molecule has 1 aliphatic carbocycles. The number of hydrogen-bond acceptors (Lipinski definition) is 2. The molecule has 6 heteroatoms. The van der Waals surface area contributed by atoms with E-state index in [1.54, 1.807) is 26.0 Å². The van der Waals surface area contributed by atoms with Gasteiger partial charge in [0.25, 0.3) is 0 Å². The molecule has 1 aliphatic heterocycles. The molecule has 2 aliphatic rings. The highest BCUT2D eigenvalue weighted by Crippen LogP contribution is 2.34. The van der Waals surface area contributed by atoms with Crippen LogP contribution in [0.4, 0.5) is 17.6 Å². The summed E-state index contributed by atoms with van der Waals surface area (Å²) in [5.74, 6) is -0.118. The molecule has 1 saturated carbocycles. The first-order valence-electron chi connectivity index (χ1n) is 9.72. The lowest BCUT2D eigenvalue weighted by atomic mass is 9.94. The highest BCUT2D eigenvalue weighted by atomic mass is 19.4. The van der Waals surface area contributed by atoms with Gasteiger partial charge in [0.1, 0.15) is 11.5 Å². The highest BCUT2D eigenvalue weighted by Gasteiger charge is 2.37. The van der Waals surface area contributed by atoms with E-state index in [1.807, 2.05) is 0 Å². The summed E-state index contributed by atoms with van der Waals surface area (Å²) in [6, 6.07) is 4.74. The fraction of sp³-hybridized carbons (Fsp3) is 0.500. The van der Waals surface area contributed by atoms with Gasteiger partial charge in [0.05, 0.1) is 12.3 Å². The average Bonchev–Trinajstić information content (AvgIpc) is 3.24. The monoisotopic (exact) mass is 394 g/mol. The standard InChI is InChI=1S/C22H26F4N2/c1-13-7-6-10-18(23)19(13)20-14(2)17(12-27-20)15(3)21(22(24,25)26)28-11-16-8-4-5-9-16/h6-7,10,16,28H,4-5,8-9,11-12H2,1-3H3/b21-15+. The van der Waals surface area contributed by atoms with E-state index in [2.05, 4.69) is 10.3 Å². The number of nitrogens with zero attached hydrogens (tertiary/aromatic N) is 1. The Morgan fingerprint density at radius 2 is 1.86 bits per heavy atom. The lowest BCUT2D eigenvalue weighted by Gasteiger charge is -2.21. The Labute approximate surface area is 163 Å². The van der Waals surface area contributed by atoms with Crippen LogP contribution in [0.25, 0.3) is 0 Å². The van der Waals surface area contributed by atoms with Gasteiger partial charge in [-0.15, -0.1) is 0 Å². The molecule has 0 amide bonds. The van der Waals surface area contributed by atoms with Crippen molar-refractivity contribution in [2.24, 2.45) is 10.9 Å². The zero-order chi connectivity index (χ0) is 20.5. The molecule has 1 aromatic carbocycles. The largest absolute Gasteiger partial charge is 0.431 e. The van der Waals surface area contributed by atoms with Gasteiger partial charge in [-0.25, -0.2) is 4.39 Å². The fourth-order valence-corrected chi connectivity index (χ4v) is 4.19. The number of aliphatic imine (C=N–C) groups is 1. The molecule has 0 atom stereocenters. The van der Waals surface area contributed by atoms with Crippen molar-refractivity contribution in [1.29, 1.82) is 0 Å². The van der Waals surface area contributed by atoms with Crippen LogP contribution >= 0.6 is 0 Å². The number of nitrogens with one attached hydrogen (secondary N) is 1. The molecule has 0 unspecified atom stereocenters. The van der Waals surface area contributed by atoms with E-state index >= 15 is 0 Å². The first-order valence-corrected chi connectivity index (χ1v) is 9.72. The van der Waals surface area contributed by atoms with E-state index in [4.69, 9.17) is 0 Å². The molecule has 1 fully saturated rings. The molecule has 0 bridgehead atoms. The van der Waals surface area contributed by atoms with Crippen molar-refractivity contribution in [1.82, 2.24) is 5.32 Å². The molecule has 1 heterocycles. The number of benzene rings is 1. The van der Waals surface area contributed by atoms with Crippen LogP contribution in [0.3, 0.4) is 0 Å². The van der Waals surface area contributed by atoms with E-state index in [-0.39, 0.29) is 18.0 Å². The first kappa shape index (κ1) is 20.6. The van der Waals surface area contributed by atoms with Crippen molar-refractivity contribution in [3.05, 3.63) is 57.6 Å². The maximum absolute atomic E-state index is 14.3. The third-order valence-electron chi connectivity index (χ3n) is 5.82. The second-order valence-electron chi connectivity index (χ2n) is 7.73. The summed E-state index contributed by atoms with van der Waals surface area (Å²) in [6.45, 7) is 5.45. The van der Waals surface area contributed by atoms with E-state index in [9.17, 15) is 17.6 Å². The maximum atomic E-state index is 14.3. The molecule has 0 aromatic heterocycles. The lowest BCUT2D eigenvalue weighted by molar-refractivity contribution is -0.0977. The van der Waals surface area contributed by atoms with E-state index < -0.39 is 17.7 Å². The van der Waals surface area contributed by atoms with Gasteiger partial charge in [-0.3, -0.25) is 4.99 Å². The SMILES string of the molecule is CC1=C(/C(C)=C(/NCC2CCCC2)C(F)(F)F)CN=C1c1c(C)cccc1F. The molecule has 1 aromatic rings. The van der Waals surface area contributed by atoms with E-state index in [1.165, 1.54) is 13.0 Å². The summed E-state index contributed by atoms with van der Waals surface area (Å²) in [5.41, 5.74) is 2.11. The second-order valence-corrected chi connectivity index (χ2v) is 7.73. The number of hydrogen-bond donors (Lipinski definition) is 1. The van der Waals surface area contributed by atoms with Crippen molar-refractivity contribution >= 4 is 5.71 Å². The predicted molar refractivity (Wildman–Crippen MR) is 104 cm³/mol. The Morgan fingerprint density at radius 3 is 2.46 bits per heavy atom. The Balaban J connectivity index is 1.93. The second kappa shape index (κ2) is 8.10. The van der Waals surface area contributed by atoms with Crippen LogP contribution in [0.15, 0.2) is 45.6 Å². The molecule has 1 N–H and O–H groups in total. The number of alkyl halides is 3. The van der Waals surface area contributed by atoms with Gasteiger partial charge in [-0.2, -0.15) is 13.2 Å². The summed E-state index contributed by atoms with van der Waals surface area (Å²) < 4.78 is 55.5. The van der Waals surface area contributed by atoms with Gasteiger partial charge in [0, 0.05) is 12.1 Å². The van der Waals surface area contributed by atoms with Crippen LogP contribution in [-0.4, -0.2) is 25.0 Å². The van der Waals surface area contributed by atoms with E-state index in [0.717, 1.165) is 31.2 Å². The molecule has 0 spiro atoms. The predicted octanol–water partition coefficient (Wildman–Crippen LogP) is 5.87. The number of aryl methyl sites for hydroxylation is 1. The van der Waals surface area contributed by atoms with Crippen LogP contribution in [0.5, 0.6) is 0 Å². The van der Waals surface area contributed by atoms with Crippen molar-refractivity contribution < 1.29 is 17.6 Å². The van der Waals surface area contributed by atoms with Gasteiger partial charge in [0.15, 0.2) is 0 Å². The molecule has 0 radical (unpaired) electrons. The Kier molecular flexibility index (Phi) is 5.96. The van der Waals surface area contributed by atoms with Crippen molar-refractivity contribution in [2.75, 3.05) is 13.1 Å². The summed E-state index contributed by atoms with van der Waals surface area (Å²) in [4.78, 5) is 4.39. The van der Waals surface area contributed by atoms with Gasteiger partial charge >= 0.3 is 6.18 Å². The molecule has 152 valence electrons. The van der Waals surface area contributed by atoms with Crippen molar-refractivity contribution in [3.63, 3.8) is 0 Å². The maximum Gasteiger partial charge on any atom is 0.431 e. The summed E-state index contributed by atoms with van der Waals surface area (Å²) in [7, 11) is 0. The minimum Gasteiger partial charge on any atom is -0.381 e. The molecule has 0 saturated heterocycles. The van der Waals surface area contributed by atoms with Crippen molar-refractivity contribution in [3.8, 4) is 0 Å². The Bertz CT molecular complexity index is 820. The quantitative estimate of drug-likeness (QED) is 0.621. The summed E-state index contributed by atoms with van der Waals surface area (Å²) >= 11 is 0. The zero-order valence-corrected chi connectivity index (χ0v) is 16.5. The minimum atomic E-state index is -4.47. The molecule has 2 nitrogen and oxygen atoms in total. The van der Waals surface area contributed by atoms with Crippen LogP contribution in [0.2, 0.25) is 0 Å². The van der Waals surface area contributed by atoms with Crippen LogP contribution in [0, 0.1) is 18.7 Å². The van der Waals surface area contributed by atoms with E-state index in [0.29, 0.717) is 29.0 Å². The van der Waals surface area contributed by atoms with Gasteiger partial charge < -0.3 is 5.32 Å². The molecular formula is C22H26F4N2. The topological polar surface area (TPSA) is 24.4 Å². The zero-order valence-electron chi connectivity index (χ0n) is 16.5. The van der Waals surface area contributed by atoms with Crippen LogP contribution in [-0.2, 0) is 0 Å². The van der Waals surface area contributed by atoms with Gasteiger partial charge in [0.2, 0.25) is 0 Å².